The number of hydrogen-bond acceptors (Lipinski definition) is 4. The number of allylic oxidation sites excluding steroid dienone is 1. The van der Waals surface area contributed by atoms with Crippen LogP contribution in [0, 0.1) is 24.2 Å². The average molecular weight is 405 g/mol. The maximum atomic E-state index is 12.3. The molecule has 1 aromatic carbocycles. The van der Waals surface area contributed by atoms with Crippen molar-refractivity contribution >= 4 is 23.7 Å². The van der Waals surface area contributed by atoms with E-state index in [4.69, 9.17) is 16.3 Å². The molecule has 4 unspecified atom stereocenters. The fourth-order valence-corrected chi connectivity index (χ4v) is 4.70. The number of carbonyl (C=O) groups is 2. The normalized spacial score (nSPS) is 32.9. The van der Waals surface area contributed by atoms with Crippen molar-refractivity contribution in [2.45, 2.75) is 65.9 Å². The van der Waals surface area contributed by atoms with Crippen LogP contribution < -0.4 is 4.74 Å². The number of phenolic OH excluding ortho intramolecular Hbond substituents is 1. The lowest BCUT2D eigenvalue weighted by Crippen LogP contribution is -2.41. The van der Waals surface area contributed by atoms with E-state index in [0.29, 0.717) is 59.1 Å². The summed E-state index contributed by atoms with van der Waals surface area (Å²) in [5.41, 5.74) is 0.520. The molecule has 1 saturated carbocycles. The molecule has 1 fully saturated rings. The monoisotopic (exact) mass is 404 g/mol. The van der Waals surface area contributed by atoms with E-state index in [0.717, 1.165) is 6.42 Å². The molecule has 1 aliphatic carbocycles. The van der Waals surface area contributed by atoms with Crippen molar-refractivity contribution in [1.29, 1.82) is 0 Å². The van der Waals surface area contributed by atoms with Crippen LogP contribution in [-0.4, -0.2) is 22.8 Å². The first-order valence-corrected chi connectivity index (χ1v) is 10.3. The number of rotatable bonds is 3. The van der Waals surface area contributed by atoms with Crippen molar-refractivity contribution in [1.82, 2.24) is 0 Å². The molecule has 0 saturated heterocycles. The van der Waals surface area contributed by atoms with Crippen molar-refractivity contribution in [3.63, 3.8) is 0 Å². The third kappa shape index (κ3) is 3.26. The van der Waals surface area contributed by atoms with Crippen LogP contribution >= 0.6 is 11.6 Å². The van der Waals surface area contributed by atoms with Gasteiger partial charge in [-0.1, -0.05) is 38.4 Å². The van der Waals surface area contributed by atoms with Crippen molar-refractivity contribution in [2.75, 3.05) is 0 Å². The fraction of sp³-hybridized carbons (Fsp3) is 0.565. The second kappa shape index (κ2) is 7.22. The van der Waals surface area contributed by atoms with Gasteiger partial charge in [-0.2, -0.15) is 0 Å². The summed E-state index contributed by atoms with van der Waals surface area (Å²) in [5.74, 6) is 1.10. The van der Waals surface area contributed by atoms with E-state index in [-0.39, 0.29) is 22.6 Å². The second-order valence-electron chi connectivity index (χ2n) is 8.87. The molecule has 5 heteroatoms. The lowest BCUT2D eigenvalue weighted by molar-refractivity contribution is -0.129. The van der Waals surface area contributed by atoms with Crippen LogP contribution in [0.4, 0.5) is 0 Å². The smallest absolute Gasteiger partial charge is 0.154 e. The highest BCUT2D eigenvalue weighted by Gasteiger charge is 2.43. The lowest BCUT2D eigenvalue weighted by Gasteiger charge is -2.43. The van der Waals surface area contributed by atoms with Gasteiger partial charge in [0.25, 0.3) is 0 Å². The fourth-order valence-electron chi connectivity index (χ4n) is 4.45. The average Bonchev–Trinajstić information content (AvgIpc) is 2.67. The first-order chi connectivity index (χ1) is 13.0. The van der Waals surface area contributed by atoms with E-state index in [1.165, 1.54) is 0 Å². The van der Waals surface area contributed by atoms with E-state index >= 15 is 0 Å². The maximum absolute atomic E-state index is 12.3. The first kappa shape index (κ1) is 20.9. The van der Waals surface area contributed by atoms with Gasteiger partial charge >= 0.3 is 0 Å². The number of ether oxygens (including phenoxy) is 1. The van der Waals surface area contributed by atoms with Gasteiger partial charge in [-0.3, -0.25) is 9.59 Å². The van der Waals surface area contributed by atoms with Crippen molar-refractivity contribution in [3.05, 3.63) is 33.9 Å². The molecule has 3 rings (SSSR count). The highest BCUT2D eigenvalue weighted by atomic mass is 35.5. The molecule has 0 amide bonds. The molecule has 0 spiro atoms. The Bertz CT molecular complexity index is 859. The Hall–Kier alpha value is -1.81. The molecule has 1 heterocycles. The number of Topliss-reactive ketones (excluding diaryl/α,β-unsaturated/α-hetero) is 1. The summed E-state index contributed by atoms with van der Waals surface area (Å²) < 4.78 is 6.27. The Morgan fingerprint density at radius 1 is 1.21 bits per heavy atom. The summed E-state index contributed by atoms with van der Waals surface area (Å²) in [6.07, 6.45) is 7.59. The van der Waals surface area contributed by atoms with Crippen LogP contribution in [0.1, 0.15) is 68.4 Å². The van der Waals surface area contributed by atoms with Gasteiger partial charge in [-0.05, 0) is 56.1 Å². The van der Waals surface area contributed by atoms with Crippen LogP contribution in [0.3, 0.4) is 0 Å². The van der Waals surface area contributed by atoms with E-state index < -0.39 is 5.60 Å². The van der Waals surface area contributed by atoms with Gasteiger partial charge in [-0.25, -0.2) is 0 Å². The van der Waals surface area contributed by atoms with Crippen LogP contribution in [-0.2, 0) is 11.2 Å². The summed E-state index contributed by atoms with van der Waals surface area (Å²) in [6, 6.07) is 0. The predicted octanol–water partition coefficient (Wildman–Crippen LogP) is 5.45. The van der Waals surface area contributed by atoms with Crippen LogP contribution in [0.25, 0.3) is 0 Å². The molecule has 1 aliphatic heterocycles. The molecular weight excluding hydrogens is 376 g/mol. The standard InChI is InChI=1S/C23H29ClO4/c1-13-6-7-18(26)15(3)23(13,5)11-10-22(4)9-8-16-20(27)17(12-25)14(2)19(24)21(16)28-22/h10-13,15,27H,6-9H2,1-5H3. The van der Waals surface area contributed by atoms with Gasteiger partial charge in [0.05, 0.1) is 10.6 Å². The molecule has 0 aromatic heterocycles. The van der Waals surface area contributed by atoms with Crippen molar-refractivity contribution in [2.24, 2.45) is 17.3 Å². The predicted molar refractivity (Wildman–Crippen MR) is 110 cm³/mol. The minimum Gasteiger partial charge on any atom is -0.507 e. The zero-order chi connectivity index (χ0) is 20.9. The number of halogens is 1. The topological polar surface area (TPSA) is 63.6 Å². The van der Waals surface area contributed by atoms with Crippen molar-refractivity contribution in [3.8, 4) is 11.5 Å². The van der Waals surface area contributed by atoms with E-state index in [1.807, 2.05) is 13.8 Å². The summed E-state index contributed by atoms with van der Waals surface area (Å²) >= 11 is 6.47. The first-order valence-electron chi connectivity index (χ1n) is 9.95. The van der Waals surface area contributed by atoms with E-state index in [1.54, 1.807) is 6.92 Å². The van der Waals surface area contributed by atoms with Gasteiger partial charge in [0, 0.05) is 17.9 Å². The van der Waals surface area contributed by atoms with Crippen LogP contribution in [0.5, 0.6) is 11.5 Å². The summed E-state index contributed by atoms with van der Waals surface area (Å²) in [7, 11) is 0. The number of fused-ring (bicyclic) bond motifs is 1. The molecule has 152 valence electrons. The Morgan fingerprint density at radius 2 is 1.89 bits per heavy atom. The highest BCUT2D eigenvalue weighted by molar-refractivity contribution is 6.33. The Balaban J connectivity index is 1.95. The van der Waals surface area contributed by atoms with Gasteiger partial charge in [0.15, 0.2) is 6.29 Å². The summed E-state index contributed by atoms with van der Waals surface area (Å²) in [5, 5.41) is 10.8. The molecule has 28 heavy (non-hydrogen) atoms. The third-order valence-electron chi connectivity index (χ3n) is 7.17. The lowest BCUT2D eigenvalue weighted by atomic mass is 9.61. The number of benzene rings is 1. The second-order valence-corrected chi connectivity index (χ2v) is 9.25. The van der Waals surface area contributed by atoms with Crippen molar-refractivity contribution < 1.29 is 19.4 Å². The number of aromatic hydroxyl groups is 1. The summed E-state index contributed by atoms with van der Waals surface area (Å²) in [6.45, 7) is 10.1. The molecule has 1 N–H and O–H groups in total. The molecule has 1 aromatic rings. The van der Waals surface area contributed by atoms with Crippen LogP contribution in [0.2, 0.25) is 5.02 Å². The van der Waals surface area contributed by atoms with Gasteiger partial charge in [0.2, 0.25) is 0 Å². The van der Waals surface area contributed by atoms with E-state index in [2.05, 4.69) is 26.0 Å². The molecule has 4 nitrogen and oxygen atoms in total. The molecule has 4 atom stereocenters. The van der Waals surface area contributed by atoms with Gasteiger partial charge in [-0.15, -0.1) is 0 Å². The van der Waals surface area contributed by atoms with Gasteiger partial charge in [0.1, 0.15) is 22.9 Å². The molecule has 0 radical (unpaired) electrons. The summed E-state index contributed by atoms with van der Waals surface area (Å²) in [4.78, 5) is 23.6. The third-order valence-corrected chi connectivity index (χ3v) is 7.62. The zero-order valence-corrected chi connectivity index (χ0v) is 18.0. The minimum absolute atomic E-state index is 0.0306. The SMILES string of the molecule is Cc1c(Cl)c2c(c(O)c1C=O)CCC(C)(C=CC1(C)C(C)CCC(=O)C1C)O2. The Kier molecular flexibility index (Phi) is 5.39. The number of carbonyl (C=O) groups excluding carboxylic acids is 2. The number of aldehydes is 1. The largest absolute Gasteiger partial charge is 0.507 e. The maximum Gasteiger partial charge on any atom is 0.154 e. The molecule has 2 aliphatic rings. The zero-order valence-electron chi connectivity index (χ0n) is 17.3. The highest BCUT2D eigenvalue weighted by Crippen LogP contribution is 2.48. The number of ketones is 1. The molecule has 0 bridgehead atoms. The van der Waals surface area contributed by atoms with E-state index in [9.17, 15) is 14.7 Å². The Morgan fingerprint density at radius 3 is 2.54 bits per heavy atom. The molecular formula is C23H29ClO4. The number of hydrogen-bond donors (Lipinski definition) is 1. The number of phenols is 1. The minimum atomic E-state index is -0.596. The van der Waals surface area contributed by atoms with Crippen LogP contribution in [0.15, 0.2) is 12.2 Å². The quantitative estimate of drug-likeness (QED) is 0.537. The Labute approximate surface area is 171 Å². The van der Waals surface area contributed by atoms with Gasteiger partial charge < -0.3 is 9.84 Å².